The summed E-state index contributed by atoms with van der Waals surface area (Å²) in [4.78, 5) is 17.0. The van der Waals surface area contributed by atoms with Crippen molar-refractivity contribution in [1.29, 1.82) is 0 Å². The van der Waals surface area contributed by atoms with Crippen molar-refractivity contribution in [3.63, 3.8) is 0 Å². The third-order valence-electron chi connectivity index (χ3n) is 3.73. The molecule has 0 spiro atoms. The van der Waals surface area contributed by atoms with Gasteiger partial charge in [0.15, 0.2) is 5.69 Å². The minimum absolute atomic E-state index is 0.0981. The van der Waals surface area contributed by atoms with Crippen molar-refractivity contribution in [2.75, 3.05) is 6.61 Å². The molecular formula is C19H20N2O5. The summed E-state index contributed by atoms with van der Waals surface area (Å²) in [7, 11) is 0. The highest BCUT2D eigenvalue weighted by molar-refractivity contribution is 5.84. The molecule has 0 aliphatic heterocycles. The molecule has 0 aliphatic carbocycles. The third-order valence-corrected chi connectivity index (χ3v) is 3.73. The molecule has 3 aromatic rings. The fraction of sp³-hybridized carbons (Fsp3) is 0.263. The van der Waals surface area contributed by atoms with E-state index in [9.17, 15) is 4.79 Å². The van der Waals surface area contributed by atoms with E-state index in [0.717, 1.165) is 23.3 Å². The Morgan fingerprint density at radius 1 is 1.15 bits per heavy atom. The van der Waals surface area contributed by atoms with E-state index in [1.165, 1.54) is 0 Å². The van der Waals surface area contributed by atoms with Crippen LogP contribution in [-0.2, 0) is 19.6 Å². The Balaban J connectivity index is 1.72. The fourth-order valence-electron chi connectivity index (χ4n) is 2.58. The van der Waals surface area contributed by atoms with Gasteiger partial charge in [0.05, 0.1) is 26.0 Å². The minimum Gasteiger partial charge on any atom is -0.494 e. The molecule has 26 heavy (non-hydrogen) atoms. The lowest BCUT2D eigenvalue weighted by molar-refractivity contribution is 0.0690. The Labute approximate surface area is 150 Å². The molecular weight excluding hydrogens is 336 g/mol. The Kier molecular flexibility index (Phi) is 5.70. The van der Waals surface area contributed by atoms with E-state index >= 15 is 0 Å². The monoisotopic (exact) mass is 356 g/mol. The summed E-state index contributed by atoms with van der Waals surface area (Å²) in [5.74, 6) is 0.873. The zero-order valence-electron chi connectivity index (χ0n) is 14.4. The molecule has 0 atom stereocenters. The van der Waals surface area contributed by atoms with Crippen LogP contribution in [-0.4, -0.2) is 27.6 Å². The molecule has 0 unspecified atom stereocenters. The number of rotatable bonds is 9. The number of ether oxygens (including phenoxy) is 1. The van der Waals surface area contributed by atoms with Crippen LogP contribution >= 0.6 is 0 Å². The van der Waals surface area contributed by atoms with Crippen molar-refractivity contribution in [3.8, 4) is 5.75 Å². The van der Waals surface area contributed by atoms with E-state index in [1.807, 2.05) is 43.3 Å². The van der Waals surface area contributed by atoms with Gasteiger partial charge in [-0.1, -0.05) is 12.1 Å². The molecule has 7 heteroatoms. The highest BCUT2D eigenvalue weighted by Gasteiger charge is 2.16. The molecule has 0 bridgehead atoms. The van der Waals surface area contributed by atoms with Gasteiger partial charge in [-0.3, -0.25) is 4.90 Å². The first-order valence-corrected chi connectivity index (χ1v) is 8.28. The van der Waals surface area contributed by atoms with Crippen LogP contribution in [0.2, 0.25) is 0 Å². The molecule has 2 heterocycles. The van der Waals surface area contributed by atoms with Crippen molar-refractivity contribution in [2.45, 2.75) is 26.6 Å². The Morgan fingerprint density at radius 2 is 1.96 bits per heavy atom. The Morgan fingerprint density at radius 3 is 2.58 bits per heavy atom. The summed E-state index contributed by atoms with van der Waals surface area (Å²) in [5, 5.41) is 8.98. The van der Waals surface area contributed by atoms with E-state index in [4.69, 9.17) is 18.7 Å². The number of aromatic carboxylic acids is 1. The number of carboxylic acid groups (broad SMARTS) is 1. The third kappa shape index (κ3) is 4.73. The maximum atomic E-state index is 11.0. The molecule has 2 aromatic heterocycles. The molecule has 136 valence electrons. The summed E-state index contributed by atoms with van der Waals surface area (Å²) in [5.41, 5.74) is 0.990. The van der Waals surface area contributed by atoms with Gasteiger partial charge in [-0.25, -0.2) is 9.78 Å². The average Bonchev–Trinajstić information content (AvgIpc) is 3.29. The molecule has 1 N–H and O–H groups in total. The molecule has 0 saturated heterocycles. The molecule has 0 radical (unpaired) electrons. The topological polar surface area (TPSA) is 88.9 Å². The zero-order chi connectivity index (χ0) is 18.4. The molecule has 0 amide bonds. The van der Waals surface area contributed by atoms with Crippen LogP contribution < -0.4 is 4.74 Å². The first-order valence-electron chi connectivity index (χ1n) is 8.28. The Bertz CT molecular complexity index is 824. The zero-order valence-corrected chi connectivity index (χ0v) is 14.4. The SMILES string of the molecule is CCOc1ccc(CN(Cc2ccco2)Cc2nc(C(=O)O)co2)cc1. The van der Waals surface area contributed by atoms with Gasteiger partial charge in [0.1, 0.15) is 17.8 Å². The predicted molar refractivity (Wildman–Crippen MR) is 92.7 cm³/mol. The molecule has 7 nitrogen and oxygen atoms in total. The van der Waals surface area contributed by atoms with Gasteiger partial charge < -0.3 is 18.7 Å². The minimum atomic E-state index is -1.11. The summed E-state index contributed by atoms with van der Waals surface area (Å²) < 4.78 is 16.2. The predicted octanol–water partition coefficient (Wildman–Crippen LogP) is 3.57. The summed E-state index contributed by atoms with van der Waals surface area (Å²) in [6.45, 7) is 4.10. The largest absolute Gasteiger partial charge is 0.494 e. The standard InChI is InChI=1S/C19H20N2O5/c1-2-24-15-7-5-14(6-8-15)10-21(11-16-4-3-9-25-16)12-18-20-17(13-26-18)19(22)23/h3-9,13H,2,10-12H2,1H3,(H,22,23). The maximum absolute atomic E-state index is 11.0. The number of nitrogens with zero attached hydrogens (tertiary/aromatic N) is 2. The number of carboxylic acids is 1. The van der Waals surface area contributed by atoms with Gasteiger partial charge in [0.2, 0.25) is 5.89 Å². The van der Waals surface area contributed by atoms with Gasteiger partial charge >= 0.3 is 5.97 Å². The number of benzene rings is 1. The second-order valence-corrected chi connectivity index (χ2v) is 5.73. The van der Waals surface area contributed by atoms with E-state index in [1.54, 1.807) is 6.26 Å². The summed E-state index contributed by atoms with van der Waals surface area (Å²) in [6, 6.07) is 11.6. The first kappa shape index (κ1) is 17.8. The number of aromatic nitrogens is 1. The van der Waals surface area contributed by atoms with Gasteiger partial charge in [-0.05, 0) is 36.8 Å². The van der Waals surface area contributed by atoms with Gasteiger partial charge in [0.25, 0.3) is 0 Å². The van der Waals surface area contributed by atoms with E-state index in [-0.39, 0.29) is 5.69 Å². The lowest BCUT2D eigenvalue weighted by Crippen LogP contribution is -2.22. The lowest BCUT2D eigenvalue weighted by Gasteiger charge is -2.19. The molecule has 0 aliphatic rings. The first-order chi connectivity index (χ1) is 12.6. The van der Waals surface area contributed by atoms with Crippen molar-refractivity contribution < 1.29 is 23.5 Å². The van der Waals surface area contributed by atoms with Crippen molar-refractivity contribution in [3.05, 3.63) is 71.8 Å². The smallest absolute Gasteiger partial charge is 0.357 e. The molecule has 0 saturated carbocycles. The van der Waals surface area contributed by atoms with E-state index < -0.39 is 5.97 Å². The quantitative estimate of drug-likeness (QED) is 0.627. The second-order valence-electron chi connectivity index (χ2n) is 5.73. The number of carbonyl (C=O) groups is 1. The van der Waals surface area contributed by atoms with Crippen LogP contribution in [0.25, 0.3) is 0 Å². The van der Waals surface area contributed by atoms with Crippen LogP contribution in [0.3, 0.4) is 0 Å². The number of hydrogen-bond acceptors (Lipinski definition) is 6. The van der Waals surface area contributed by atoms with Gasteiger partial charge in [0, 0.05) is 6.54 Å². The number of furan rings is 1. The lowest BCUT2D eigenvalue weighted by atomic mass is 10.2. The van der Waals surface area contributed by atoms with Crippen molar-refractivity contribution in [2.24, 2.45) is 0 Å². The normalized spacial score (nSPS) is 11.0. The average molecular weight is 356 g/mol. The maximum Gasteiger partial charge on any atom is 0.357 e. The van der Waals surface area contributed by atoms with Crippen LogP contribution in [0, 0.1) is 0 Å². The van der Waals surface area contributed by atoms with E-state index in [0.29, 0.717) is 32.1 Å². The second kappa shape index (κ2) is 8.35. The van der Waals surface area contributed by atoms with Crippen LogP contribution in [0.5, 0.6) is 5.75 Å². The van der Waals surface area contributed by atoms with Crippen LogP contribution in [0.1, 0.15) is 34.6 Å². The van der Waals surface area contributed by atoms with Crippen LogP contribution in [0.15, 0.2) is 57.8 Å². The van der Waals surface area contributed by atoms with Crippen LogP contribution in [0.4, 0.5) is 0 Å². The van der Waals surface area contributed by atoms with E-state index in [2.05, 4.69) is 9.88 Å². The van der Waals surface area contributed by atoms with Gasteiger partial charge in [-0.2, -0.15) is 0 Å². The highest BCUT2D eigenvalue weighted by Crippen LogP contribution is 2.17. The molecule has 1 aromatic carbocycles. The summed E-state index contributed by atoms with van der Waals surface area (Å²) in [6.07, 6.45) is 2.78. The number of hydrogen-bond donors (Lipinski definition) is 1. The summed E-state index contributed by atoms with van der Waals surface area (Å²) >= 11 is 0. The molecule has 3 rings (SSSR count). The van der Waals surface area contributed by atoms with Crippen molar-refractivity contribution >= 4 is 5.97 Å². The van der Waals surface area contributed by atoms with Crippen molar-refractivity contribution in [1.82, 2.24) is 9.88 Å². The Hall–Kier alpha value is -3.06. The van der Waals surface area contributed by atoms with Gasteiger partial charge in [-0.15, -0.1) is 0 Å². The molecule has 0 fully saturated rings. The fourth-order valence-corrected chi connectivity index (χ4v) is 2.58. The highest BCUT2D eigenvalue weighted by atomic mass is 16.5. The number of oxazole rings is 1.